The second kappa shape index (κ2) is 15.5. The van der Waals surface area contributed by atoms with Crippen molar-refractivity contribution in [3.05, 3.63) is 104 Å². The topological polar surface area (TPSA) is 141 Å². The number of amides is 1. The maximum absolute atomic E-state index is 14.4. The molecule has 1 heterocycles. The average molecular weight is 652 g/mol. The van der Waals surface area contributed by atoms with Crippen LogP contribution < -0.4 is 15.6 Å². The van der Waals surface area contributed by atoms with Gasteiger partial charge in [0.2, 0.25) is 5.90 Å². The molecule has 3 N–H and O–H groups in total. The third-order valence-corrected chi connectivity index (χ3v) is 8.76. The molecule has 0 unspecified atom stereocenters. The highest BCUT2D eigenvalue weighted by molar-refractivity contribution is 6.35. The SMILES string of the molecule is [N-]=[N+]=Nc1ccccc1C[C@]1(C(=O)NNCC2CCCCC2)N=C(c2ccc(OCCCO)cc2)O[C@H]1c1ccc(Cl)cc1Cl. The van der Waals surface area contributed by atoms with Crippen LogP contribution >= 0.6 is 23.2 Å². The van der Waals surface area contributed by atoms with Crippen molar-refractivity contribution >= 4 is 40.7 Å². The number of rotatable bonds is 13. The maximum atomic E-state index is 14.4. The van der Waals surface area contributed by atoms with Crippen LogP contribution in [0.5, 0.6) is 5.75 Å². The number of carbonyl (C=O) groups is 1. The van der Waals surface area contributed by atoms with Gasteiger partial charge in [-0.25, -0.2) is 10.4 Å². The van der Waals surface area contributed by atoms with Gasteiger partial charge >= 0.3 is 0 Å². The first-order valence-electron chi connectivity index (χ1n) is 15.2. The molecule has 236 valence electrons. The van der Waals surface area contributed by atoms with Crippen molar-refractivity contribution in [2.75, 3.05) is 19.8 Å². The van der Waals surface area contributed by atoms with Gasteiger partial charge < -0.3 is 14.6 Å². The maximum Gasteiger partial charge on any atom is 0.266 e. The first-order valence-corrected chi connectivity index (χ1v) is 15.9. The number of aliphatic hydroxyl groups is 1. The van der Waals surface area contributed by atoms with Crippen LogP contribution in [0.3, 0.4) is 0 Å². The first-order chi connectivity index (χ1) is 21.9. The second-order valence-corrected chi connectivity index (χ2v) is 12.1. The minimum Gasteiger partial charge on any atom is -0.494 e. The predicted octanol–water partition coefficient (Wildman–Crippen LogP) is 7.40. The summed E-state index contributed by atoms with van der Waals surface area (Å²) in [5.74, 6) is 0.933. The Morgan fingerprint density at radius 2 is 1.89 bits per heavy atom. The summed E-state index contributed by atoms with van der Waals surface area (Å²) < 4.78 is 12.2. The summed E-state index contributed by atoms with van der Waals surface area (Å²) in [6.45, 7) is 1.06. The summed E-state index contributed by atoms with van der Waals surface area (Å²) >= 11 is 13.0. The molecule has 10 nitrogen and oxygen atoms in total. The molecule has 45 heavy (non-hydrogen) atoms. The number of halogens is 2. The van der Waals surface area contributed by atoms with Crippen LogP contribution in [0, 0.1) is 5.92 Å². The number of hydrogen-bond donors (Lipinski definition) is 3. The Hall–Kier alpha value is -3.79. The van der Waals surface area contributed by atoms with E-state index in [1.807, 2.05) is 6.07 Å². The third-order valence-electron chi connectivity index (χ3n) is 8.20. The zero-order valence-corrected chi connectivity index (χ0v) is 26.3. The molecule has 3 aromatic carbocycles. The van der Waals surface area contributed by atoms with Crippen molar-refractivity contribution < 1.29 is 19.4 Å². The van der Waals surface area contributed by atoms with Gasteiger partial charge in [-0.15, -0.1) is 0 Å². The fourth-order valence-corrected chi connectivity index (χ4v) is 6.35. The van der Waals surface area contributed by atoms with Crippen molar-refractivity contribution in [2.24, 2.45) is 16.0 Å². The van der Waals surface area contributed by atoms with E-state index in [0.717, 1.165) is 12.8 Å². The summed E-state index contributed by atoms with van der Waals surface area (Å²) in [7, 11) is 0. The van der Waals surface area contributed by atoms with Gasteiger partial charge in [0.1, 0.15) is 5.75 Å². The summed E-state index contributed by atoms with van der Waals surface area (Å²) in [5.41, 5.74) is 16.0. The lowest BCUT2D eigenvalue weighted by Crippen LogP contribution is -2.54. The number of nitrogens with zero attached hydrogens (tertiary/aromatic N) is 4. The lowest BCUT2D eigenvalue weighted by molar-refractivity contribution is -0.130. The normalized spacial score (nSPS) is 19.7. The minimum atomic E-state index is -1.55. The largest absolute Gasteiger partial charge is 0.494 e. The molecule has 1 aliphatic carbocycles. The Bertz CT molecular complexity index is 1560. The van der Waals surface area contributed by atoms with E-state index >= 15 is 0 Å². The first kappa shape index (κ1) is 32.6. The van der Waals surface area contributed by atoms with Crippen LogP contribution in [0.1, 0.15) is 61.3 Å². The molecule has 2 aliphatic rings. The van der Waals surface area contributed by atoms with Gasteiger partial charge in [0.05, 0.1) is 6.61 Å². The molecule has 0 radical (unpaired) electrons. The molecule has 1 fully saturated rings. The van der Waals surface area contributed by atoms with E-state index in [1.165, 1.54) is 19.3 Å². The zero-order valence-electron chi connectivity index (χ0n) is 24.8. The van der Waals surface area contributed by atoms with Gasteiger partial charge in [0.25, 0.3) is 5.91 Å². The van der Waals surface area contributed by atoms with Gasteiger partial charge in [-0.2, -0.15) is 0 Å². The van der Waals surface area contributed by atoms with Crippen molar-refractivity contribution in [3.63, 3.8) is 0 Å². The Balaban J connectivity index is 1.56. The number of aliphatic hydroxyl groups excluding tert-OH is 1. The van der Waals surface area contributed by atoms with E-state index in [4.69, 9.17) is 42.8 Å². The number of benzene rings is 3. The number of hydrogen-bond acceptors (Lipinski definition) is 7. The average Bonchev–Trinajstić information content (AvgIpc) is 3.43. The molecule has 12 heteroatoms. The van der Waals surface area contributed by atoms with Gasteiger partial charge in [-0.3, -0.25) is 10.2 Å². The van der Waals surface area contributed by atoms with E-state index in [1.54, 1.807) is 60.7 Å². The number of hydrazine groups is 1. The number of ether oxygens (including phenoxy) is 2. The lowest BCUT2D eigenvalue weighted by Gasteiger charge is -2.32. The van der Waals surface area contributed by atoms with Crippen molar-refractivity contribution in [1.29, 1.82) is 0 Å². The highest BCUT2D eigenvalue weighted by Gasteiger charge is 2.54. The van der Waals surface area contributed by atoms with Gasteiger partial charge in [-0.05, 0) is 66.3 Å². The predicted molar refractivity (Wildman–Crippen MR) is 175 cm³/mol. The number of aliphatic imine (C=N–C) groups is 1. The molecule has 5 rings (SSSR count). The molecule has 1 aliphatic heterocycles. The Kier molecular flexibility index (Phi) is 11.2. The number of azide groups is 1. The molecule has 0 spiro atoms. The van der Waals surface area contributed by atoms with E-state index < -0.39 is 17.6 Å². The van der Waals surface area contributed by atoms with Gasteiger partial charge in [0, 0.05) is 57.8 Å². The second-order valence-electron chi connectivity index (χ2n) is 11.3. The minimum absolute atomic E-state index is 0.0415. The summed E-state index contributed by atoms with van der Waals surface area (Å²) in [6, 6.07) is 19.3. The fourth-order valence-electron chi connectivity index (χ4n) is 5.84. The Morgan fingerprint density at radius 3 is 2.62 bits per heavy atom. The van der Waals surface area contributed by atoms with Crippen LogP contribution in [0.2, 0.25) is 10.0 Å². The monoisotopic (exact) mass is 650 g/mol. The van der Waals surface area contributed by atoms with Gasteiger partial charge in [0.15, 0.2) is 11.6 Å². The Labute approximate surface area is 272 Å². The molecule has 0 saturated heterocycles. The molecule has 2 atom stereocenters. The smallest absolute Gasteiger partial charge is 0.266 e. The molecule has 1 saturated carbocycles. The molecule has 0 bridgehead atoms. The van der Waals surface area contributed by atoms with Crippen LogP contribution in [-0.2, 0) is 16.0 Å². The molecule has 1 amide bonds. The van der Waals surface area contributed by atoms with E-state index in [-0.39, 0.29) is 18.9 Å². The van der Waals surface area contributed by atoms with E-state index in [0.29, 0.717) is 63.7 Å². The highest BCUT2D eigenvalue weighted by Crippen LogP contribution is 2.46. The van der Waals surface area contributed by atoms with Crippen molar-refractivity contribution in [3.8, 4) is 5.75 Å². The summed E-state index contributed by atoms with van der Waals surface area (Å²) in [5, 5.41) is 13.7. The number of nitrogens with one attached hydrogen (secondary N) is 2. The molecule has 3 aromatic rings. The van der Waals surface area contributed by atoms with Crippen LogP contribution in [-0.4, -0.2) is 42.2 Å². The standard InChI is InChI=1S/C33H36Cl2N6O4/c34-25-13-16-27(28(35)19-25)30-33(20-24-9-4-5-10-29(24)39-41-36,32(43)40-37-21-22-7-2-1-3-8-22)38-31(45-30)23-11-14-26(15-12-23)44-18-6-17-42/h4-5,9-16,19,22,30,37,42H,1-3,6-8,17-18,20-21H2,(H,40,43)/t30-,33-/m0/s1. The fraction of sp³-hybridized carbons (Fsp3) is 0.394. The number of carbonyl (C=O) groups excluding carboxylic acids is 1. The Morgan fingerprint density at radius 1 is 1.11 bits per heavy atom. The van der Waals surface area contributed by atoms with Crippen molar-refractivity contribution in [1.82, 2.24) is 10.9 Å². The molecule has 0 aromatic heterocycles. The lowest BCUT2D eigenvalue weighted by atomic mass is 9.81. The molecular weight excluding hydrogens is 615 g/mol. The zero-order chi connectivity index (χ0) is 31.6. The molecular formula is C33H36Cl2N6O4. The third kappa shape index (κ3) is 7.90. The van der Waals surface area contributed by atoms with Gasteiger partial charge in [-0.1, -0.05) is 77.9 Å². The quantitative estimate of drug-likeness (QED) is 0.0581. The van der Waals surface area contributed by atoms with Crippen LogP contribution in [0.4, 0.5) is 5.69 Å². The van der Waals surface area contributed by atoms with Crippen molar-refractivity contribution in [2.45, 2.75) is 56.6 Å². The summed E-state index contributed by atoms with van der Waals surface area (Å²) in [4.78, 5) is 22.5. The van der Waals surface area contributed by atoms with Crippen LogP contribution in [0.15, 0.2) is 76.8 Å². The van der Waals surface area contributed by atoms with E-state index in [2.05, 4.69) is 20.9 Å². The van der Waals surface area contributed by atoms with E-state index in [9.17, 15) is 10.3 Å². The highest BCUT2D eigenvalue weighted by atomic mass is 35.5. The summed E-state index contributed by atoms with van der Waals surface area (Å²) in [6.07, 6.45) is 5.45. The van der Waals surface area contributed by atoms with Crippen LogP contribution in [0.25, 0.3) is 10.4 Å².